The molecule has 18 nitrogen and oxygen atoms in total. The average Bonchev–Trinajstić information content (AvgIpc) is 3.95. The first kappa shape index (κ1) is 58.4. The number of methoxy groups -OCH3 is 7. The van der Waals surface area contributed by atoms with Crippen molar-refractivity contribution < 1.29 is 83.5 Å². The van der Waals surface area contributed by atoms with Gasteiger partial charge in [-0.15, -0.1) is 0 Å². The summed E-state index contributed by atoms with van der Waals surface area (Å²) in [6.45, 7) is 15.6. The van der Waals surface area contributed by atoms with Crippen LogP contribution in [0.1, 0.15) is 126 Å². The van der Waals surface area contributed by atoms with Gasteiger partial charge in [-0.25, -0.2) is 0 Å². The molecule has 0 aromatic carbocycles. The standard InChI is InChI=1S/C52H73N4O14.Co/c1-28-43-31(17-20-37(58)65-10)48(3,4)35(54-43)25-34-30(16-19-36(57)64-9)50(6,26-41(62)69-14)46(53-34)29(2)44-32(18-21-38(59)66-11)51(7,27-42(63)70-15)52(8,56-44)47-33(24-40(61)68-13)49(5,45(28)55-47)23-22-39(60)67-12;/h25,30-33,47H,16-24,26-27H2,1-15H3;/q-1;+3/t30-,31-,32-,33+,47-,49-,50+,51+,52+;/m1./s1. The van der Waals surface area contributed by atoms with E-state index in [0.29, 0.717) is 51.8 Å². The monoisotopic (exact) mass is 1040 g/mol. The van der Waals surface area contributed by atoms with Crippen molar-refractivity contribution in [2.75, 3.05) is 49.8 Å². The van der Waals surface area contributed by atoms with E-state index in [9.17, 15) is 33.6 Å². The smallest absolute Gasteiger partial charge is 0.682 e. The largest absolute Gasteiger partial charge is 3.00 e. The Kier molecular flexibility index (Phi) is 18.7. The van der Waals surface area contributed by atoms with Gasteiger partial charge in [0.25, 0.3) is 0 Å². The number of nitrogens with zero attached hydrogens (tertiary/aromatic N) is 4. The van der Waals surface area contributed by atoms with Gasteiger partial charge in [0, 0.05) is 88.9 Å². The van der Waals surface area contributed by atoms with Crippen molar-refractivity contribution in [3.8, 4) is 0 Å². The Labute approximate surface area is 428 Å². The van der Waals surface area contributed by atoms with Crippen LogP contribution in [0.2, 0.25) is 0 Å². The fourth-order valence-corrected chi connectivity index (χ4v) is 12.2. The molecule has 0 aromatic heterocycles. The summed E-state index contributed by atoms with van der Waals surface area (Å²) in [5.74, 6) is -5.83. The summed E-state index contributed by atoms with van der Waals surface area (Å²) in [6, 6.07) is -0.898. The number of hydrogen-bond donors (Lipinski definition) is 0. The van der Waals surface area contributed by atoms with Crippen LogP contribution < -0.4 is 0 Å². The zero-order chi connectivity index (χ0) is 52.3. The van der Waals surface area contributed by atoms with Crippen LogP contribution in [0.4, 0.5) is 0 Å². The molecule has 19 heteroatoms. The van der Waals surface area contributed by atoms with Crippen LogP contribution in [0.15, 0.2) is 49.3 Å². The van der Waals surface area contributed by atoms with E-state index < -0.39 is 98.7 Å². The number of fused-ring (bicyclic) bond motifs is 6. The maximum atomic E-state index is 14.0. The zero-order valence-electron chi connectivity index (χ0n) is 44.1. The minimum atomic E-state index is -1.38. The molecule has 0 aromatic rings. The molecule has 0 N–H and O–H groups in total. The van der Waals surface area contributed by atoms with Gasteiger partial charge in [-0.2, -0.15) is 5.70 Å². The molecular weight excluding hydrogens is 964 g/mol. The summed E-state index contributed by atoms with van der Waals surface area (Å²) in [5.41, 5.74) is -0.993. The van der Waals surface area contributed by atoms with E-state index in [4.69, 9.17) is 53.5 Å². The molecule has 0 saturated carbocycles. The van der Waals surface area contributed by atoms with Gasteiger partial charge in [0.1, 0.15) is 0 Å². The van der Waals surface area contributed by atoms with Crippen molar-refractivity contribution >= 4 is 58.9 Å². The Morgan fingerprint density at radius 3 is 1.56 bits per heavy atom. The predicted octanol–water partition coefficient (Wildman–Crippen LogP) is 7.32. The first-order valence-electron chi connectivity index (χ1n) is 23.9. The van der Waals surface area contributed by atoms with Crippen LogP contribution in [0.3, 0.4) is 0 Å². The van der Waals surface area contributed by atoms with Crippen molar-refractivity contribution in [2.45, 2.75) is 138 Å². The first-order valence-corrected chi connectivity index (χ1v) is 23.9. The number of rotatable bonds is 18. The molecule has 0 aliphatic carbocycles. The first-order chi connectivity index (χ1) is 32.8. The molecule has 1 fully saturated rings. The fraction of sp³-hybridized carbons (Fsp3) is 0.692. The Morgan fingerprint density at radius 2 is 1.04 bits per heavy atom. The van der Waals surface area contributed by atoms with Crippen LogP contribution >= 0.6 is 0 Å². The van der Waals surface area contributed by atoms with Gasteiger partial charge in [0.05, 0.1) is 73.8 Å². The summed E-state index contributed by atoms with van der Waals surface area (Å²) in [4.78, 5) is 110. The fourth-order valence-electron chi connectivity index (χ4n) is 12.2. The summed E-state index contributed by atoms with van der Waals surface area (Å²) >= 11 is 0. The van der Waals surface area contributed by atoms with Crippen LogP contribution in [0, 0.1) is 45.3 Å². The second-order valence-corrected chi connectivity index (χ2v) is 20.7. The molecule has 71 heavy (non-hydrogen) atoms. The number of aliphatic imine (C=N–C) groups is 3. The molecule has 0 radical (unpaired) electrons. The summed E-state index contributed by atoms with van der Waals surface area (Å²) in [7, 11) is 9.17. The van der Waals surface area contributed by atoms with Gasteiger partial charge in [-0.05, 0) is 75.0 Å². The molecule has 0 amide bonds. The third-order valence-electron chi connectivity index (χ3n) is 16.7. The zero-order valence-corrected chi connectivity index (χ0v) is 45.1. The van der Waals surface area contributed by atoms with Crippen LogP contribution in [-0.2, 0) is 83.5 Å². The number of hydrogen-bond acceptors (Lipinski definition) is 17. The third-order valence-corrected chi connectivity index (χ3v) is 16.7. The van der Waals surface area contributed by atoms with Crippen LogP contribution in [-0.4, -0.2) is 120 Å². The molecule has 0 unspecified atom stereocenters. The molecule has 5 aliphatic rings. The van der Waals surface area contributed by atoms with Crippen LogP contribution in [0.25, 0.3) is 5.32 Å². The molecular formula is C52H73CoN4O14+2. The number of esters is 7. The van der Waals surface area contributed by atoms with Gasteiger partial charge < -0.3 is 38.5 Å². The van der Waals surface area contributed by atoms with E-state index in [1.54, 1.807) is 0 Å². The molecule has 8 bridgehead atoms. The Hall–Kier alpha value is -5.17. The molecule has 1 saturated heterocycles. The second-order valence-electron chi connectivity index (χ2n) is 20.7. The van der Waals surface area contributed by atoms with E-state index in [0.717, 1.165) is 0 Å². The Bertz CT molecular complexity index is 2350. The summed E-state index contributed by atoms with van der Waals surface area (Å²) in [5, 5.41) is 5.68. The van der Waals surface area contributed by atoms with Crippen molar-refractivity contribution in [1.29, 1.82) is 0 Å². The number of ether oxygens (including phenoxy) is 7. The van der Waals surface area contributed by atoms with Gasteiger partial charge in [0.2, 0.25) is 0 Å². The van der Waals surface area contributed by atoms with Gasteiger partial charge in [-0.1, -0.05) is 40.7 Å². The summed E-state index contributed by atoms with van der Waals surface area (Å²) in [6.07, 6.45) is 2.21. The Morgan fingerprint density at radius 1 is 0.563 bits per heavy atom. The molecule has 5 rings (SSSR count). The predicted molar refractivity (Wildman–Crippen MR) is 258 cm³/mol. The molecule has 392 valence electrons. The summed E-state index contributed by atoms with van der Waals surface area (Å²) < 4.78 is 36.7. The number of allylic oxidation sites excluding steroid dienone is 6. The minimum Gasteiger partial charge on any atom is -0.682 e. The molecule has 0 spiro atoms. The topological polar surface area (TPSA) is 235 Å². The quantitative estimate of drug-likeness (QED) is 0.0967. The van der Waals surface area contributed by atoms with Gasteiger partial charge in [0.15, 0.2) is 0 Å². The average molecular weight is 1040 g/mol. The second kappa shape index (κ2) is 22.7. The molecule has 5 aliphatic heterocycles. The van der Waals surface area contributed by atoms with Crippen molar-refractivity contribution in [2.24, 2.45) is 60.3 Å². The number of carbonyl (C=O) groups is 7. The third kappa shape index (κ3) is 10.8. The maximum absolute atomic E-state index is 14.0. The molecule has 5 heterocycles. The van der Waals surface area contributed by atoms with Crippen molar-refractivity contribution in [1.82, 2.24) is 0 Å². The van der Waals surface area contributed by atoms with Crippen molar-refractivity contribution in [3.63, 3.8) is 0 Å². The van der Waals surface area contributed by atoms with E-state index >= 15 is 0 Å². The maximum Gasteiger partial charge on any atom is 3.00 e. The normalized spacial score (nSPS) is 33.0. The molecule has 9 atom stereocenters. The van der Waals surface area contributed by atoms with E-state index in [1.165, 1.54) is 49.8 Å². The van der Waals surface area contributed by atoms with Crippen LogP contribution in [0.5, 0.6) is 0 Å². The Balaban J connectivity index is 0.0000110. The van der Waals surface area contributed by atoms with Crippen molar-refractivity contribution in [3.05, 3.63) is 39.6 Å². The van der Waals surface area contributed by atoms with Gasteiger partial charge in [-0.3, -0.25) is 48.5 Å². The SMILES string of the molecule is COC(=O)CC[C@@H]1C2=NC(=C\C3=NC(=C(/C)C4=N[C@@](C)([C@@H]5[N-]/C(=C\2C)[C@](C)(CCC(=O)OC)[C@H]5CC(=O)OC)[C@@](C)(CC(=O)OC)[C@@H]4CCC(=O)OC)/[C@@](C)(CC(=O)OC)[C@@H]3CCC(=O)OC)/C1(C)C.[Co+3]. The van der Waals surface area contributed by atoms with Gasteiger partial charge >= 0.3 is 58.6 Å². The van der Waals surface area contributed by atoms with E-state index in [-0.39, 0.29) is 81.0 Å². The number of carbonyl (C=O) groups excluding carboxylic acids is 7. The minimum absolute atomic E-state index is 0. The van der Waals surface area contributed by atoms with E-state index in [2.05, 4.69) is 0 Å². The van der Waals surface area contributed by atoms with E-state index in [1.807, 2.05) is 61.5 Å².